The molecule has 0 fully saturated rings. The molecule has 0 spiro atoms. The van der Waals surface area contributed by atoms with Gasteiger partial charge in [-0.05, 0) is 25.5 Å². The minimum atomic E-state index is -0.962. The van der Waals surface area contributed by atoms with Crippen molar-refractivity contribution in [3.63, 3.8) is 0 Å². The van der Waals surface area contributed by atoms with E-state index in [0.717, 1.165) is 12.1 Å². The van der Waals surface area contributed by atoms with Gasteiger partial charge < -0.3 is 10.6 Å². The predicted octanol–water partition coefficient (Wildman–Crippen LogP) is 2.28. The molecule has 2 N–H and O–H groups in total. The van der Waals surface area contributed by atoms with Crippen molar-refractivity contribution in [2.75, 3.05) is 24.7 Å². The van der Waals surface area contributed by atoms with Gasteiger partial charge in [-0.15, -0.1) is 0 Å². The van der Waals surface area contributed by atoms with E-state index in [4.69, 9.17) is 0 Å². The Morgan fingerprint density at radius 2 is 1.90 bits per heavy atom. The molecule has 7 heteroatoms. The SMILES string of the molecule is CCNc1c(F)cc(C(=O)NCCC(C)S(C)=O)cc1F. The Bertz CT molecular complexity index is 515. The second kappa shape index (κ2) is 8.07. The van der Waals surface area contributed by atoms with Crippen molar-refractivity contribution in [2.45, 2.75) is 25.5 Å². The largest absolute Gasteiger partial charge is 0.381 e. The molecule has 1 aromatic rings. The summed E-state index contributed by atoms with van der Waals surface area (Å²) >= 11 is 0. The first kappa shape index (κ1) is 17.6. The Kier molecular flexibility index (Phi) is 6.74. The van der Waals surface area contributed by atoms with Crippen LogP contribution in [0.25, 0.3) is 0 Å². The lowest BCUT2D eigenvalue weighted by Crippen LogP contribution is -2.27. The Morgan fingerprint density at radius 3 is 2.38 bits per heavy atom. The second-order valence-electron chi connectivity index (χ2n) is 4.70. The summed E-state index contributed by atoms with van der Waals surface area (Å²) in [6.45, 7) is 4.22. The maximum Gasteiger partial charge on any atom is 0.251 e. The molecule has 0 aliphatic carbocycles. The van der Waals surface area contributed by atoms with Crippen molar-refractivity contribution in [3.05, 3.63) is 29.3 Å². The number of nitrogens with one attached hydrogen (secondary N) is 2. The Hall–Kier alpha value is -1.50. The number of carbonyl (C=O) groups is 1. The number of benzene rings is 1. The fourth-order valence-electron chi connectivity index (χ4n) is 1.71. The molecule has 0 saturated carbocycles. The molecule has 0 heterocycles. The summed E-state index contributed by atoms with van der Waals surface area (Å²) in [6, 6.07) is 2.00. The van der Waals surface area contributed by atoms with Crippen molar-refractivity contribution in [1.29, 1.82) is 0 Å². The average molecular weight is 318 g/mol. The van der Waals surface area contributed by atoms with Gasteiger partial charge in [0.2, 0.25) is 0 Å². The monoisotopic (exact) mass is 318 g/mol. The first-order valence-corrected chi connectivity index (χ1v) is 8.32. The zero-order chi connectivity index (χ0) is 16.0. The quantitative estimate of drug-likeness (QED) is 0.811. The van der Waals surface area contributed by atoms with Crippen LogP contribution in [0.4, 0.5) is 14.5 Å². The van der Waals surface area contributed by atoms with Gasteiger partial charge in [0.05, 0.1) is 0 Å². The van der Waals surface area contributed by atoms with Gasteiger partial charge in [0, 0.05) is 41.0 Å². The van der Waals surface area contributed by atoms with E-state index in [1.54, 1.807) is 13.2 Å². The van der Waals surface area contributed by atoms with E-state index < -0.39 is 28.3 Å². The average Bonchev–Trinajstić information content (AvgIpc) is 2.42. The molecular weight excluding hydrogens is 298 g/mol. The molecule has 0 aromatic heterocycles. The van der Waals surface area contributed by atoms with Gasteiger partial charge in [0.15, 0.2) is 0 Å². The number of hydrogen-bond donors (Lipinski definition) is 2. The van der Waals surface area contributed by atoms with Crippen LogP contribution >= 0.6 is 0 Å². The number of carbonyl (C=O) groups excluding carboxylic acids is 1. The van der Waals surface area contributed by atoms with Crippen LogP contribution in [0, 0.1) is 11.6 Å². The molecule has 0 aliphatic heterocycles. The minimum absolute atomic E-state index is 0.0464. The third kappa shape index (κ3) is 5.08. The second-order valence-corrected chi connectivity index (χ2v) is 6.50. The van der Waals surface area contributed by atoms with Crippen LogP contribution in [-0.4, -0.2) is 34.7 Å². The smallest absolute Gasteiger partial charge is 0.251 e. The number of halogens is 2. The summed E-state index contributed by atoms with van der Waals surface area (Å²) < 4.78 is 38.6. The first-order valence-electron chi connectivity index (χ1n) is 6.70. The maximum absolute atomic E-state index is 13.7. The van der Waals surface area contributed by atoms with Gasteiger partial charge in [-0.2, -0.15) is 0 Å². The predicted molar refractivity (Wildman–Crippen MR) is 81.0 cm³/mol. The van der Waals surface area contributed by atoms with Crippen LogP contribution in [0.2, 0.25) is 0 Å². The fourth-order valence-corrected chi connectivity index (χ4v) is 2.16. The number of rotatable bonds is 7. The first-order chi connectivity index (χ1) is 9.86. The van der Waals surface area contributed by atoms with Crippen molar-refractivity contribution in [3.8, 4) is 0 Å². The molecular formula is C14H20F2N2O2S. The molecule has 0 saturated heterocycles. The lowest BCUT2D eigenvalue weighted by Gasteiger charge is -2.11. The summed E-state index contributed by atoms with van der Waals surface area (Å²) in [7, 11) is -0.962. The maximum atomic E-state index is 13.7. The fraction of sp³-hybridized carbons (Fsp3) is 0.500. The highest BCUT2D eigenvalue weighted by atomic mass is 32.2. The van der Waals surface area contributed by atoms with Crippen LogP contribution in [0.15, 0.2) is 12.1 Å². The molecule has 0 radical (unpaired) electrons. The summed E-state index contributed by atoms with van der Waals surface area (Å²) in [5.74, 6) is -2.15. The van der Waals surface area contributed by atoms with Crippen molar-refractivity contribution < 1.29 is 17.8 Å². The lowest BCUT2D eigenvalue weighted by molar-refractivity contribution is 0.0952. The topological polar surface area (TPSA) is 58.2 Å². The Labute approximate surface area is 125 Å². The summed E-state index contributed by atoms with van der Waals surface area (Å²) in [5, 5.41) is 5.08. The molecule has 21 heavy (non-hydrogen) atoms. The zero-order valence-electron chi connectivity index (χ0n) is 12.3. The highest BCUT2D eigenvalue weighted by Gasteiger charge is 2.15. The van der Waals surface area contributed by atoms with Crippen LogP contribution in [-0.2, 0) is 10.8 Å². The van der Waals surface area contributed by atoms with Gasteiger partial charge in [0.1, 0.15) is 17.3 Å². The summed E-state index contributed by atoms with van der Waals surface area (Å²) in [4.78, 5) is 11.8. The molecule has 1 rings (SSSR count). The van der Waals surface area contributed by atoms with E-state index in [2.05, 4.69) is 10.6 Å². The van der Waals surface area contributed by atoms with Crippen molar-refractivity contribution >= 4 is 22.4 Å². The minimum Gasteiger partial charge on any atom is -0.381 e. The van der Waals surface area contributed by atoms with Gasteiger partial charge in [-0.25, -0.2) is 8.78 Å². The number of hydrogen-bond acceptors (Lipinski definition) is 3. The van der Waals surface area contributed by atoms with Crippen molar-refractivity contribution in [2.24, 2.45) is 0 Å². The third-order valence-corrected chi connectivity index (χ3v) is 4.43. The van der Waals surface area contributed by atoms with Crippen LogP contribution in [0.1, 0.15) is 30.6 Å². The van der Waals surface area contributed by atoms with E-state index in [-0.39, 0.29) is 16.5 Å². The Balaban J connectivity index is 2.69. The van der Waals surface area contributed by atoms with Crippen molar-refractivity contribution in [1.82, 2.24) is 5.32 Å². The number of anilines is 1. The highest BCUT2D eigenvalue weighted by molar-refractivity contribution is 7.84. The Morgan fingerprint density at radius 1 is 1.33 bits per heavy atom. The molecule has 2 unspecified atom stereocenters. The van der Waals surface area contributed by atoms with E-state index >= 15 is 0 Å². The standard InChI is InChI=1S/C14H20F2N2O2S/c1-4-17-13-11(15)7-10(8-12(13)16)14(19)18-6-5-9(2)21(3)20/h7-9,17H,4-6H2,1-3H3,(H,18,19). The molecule has 0 aliphatic rings. The van der Waals surface area contributed by atoms with Gasteiger partial charge in [-0.1, -0.05) is 6.92 Å². The van der Waals surface area contributed by atoms with Gasteiger partial charge in [0.25, 0.3) is 5.91 Å². The molecule has 1 amide bonds. The molecule has 2 atom stereocenters. The van der Waals surface area contributed by atoms with E-state index in [1.165, 1.54) is 0 Å². The normalized spacial score (nSPS) is 13.6. The zero-order valence-corrected chi connectivity index (χ0v) is 13.2. The molecule has 1 aromatic carbocycles. The molecule has 4 nitrogen and oxygen atoms in total. The highest BCUT2D eigenvalue weighted by Crippen LogP contribution is 2.20. The van der Waals surface area contributed by atoms with Crippen LogP contribution < -0.4 is 10.6 Å². The third-order valence-electron chi connectivity index (χ3n) is 3.06. The molecule has 0 bridgehead atoms. The van der Waals surface area contributed by atoms with Crippen LogP contribution in [0.3, 0.4) is 0 Å². The van der Waals surface area contributed by atoms with Crippen LogP contribution in [0.5, 0.6) is 0 Å². The number of amides is 1. The summed E-state index contributed by atoms with van der Waals surface area (Å²) in [6.07, 6.45) is 2.13. The van der Waals surface area contributed by atoms with Gasteiger partial charge in [-0.3, -0.25) is 9.00 Å². The summed E-state index contributed by atoms with van der Waals surface area (Å²) in [5.41, 5.74) is -0.305. The van der Waals surface area contributed by atoms with E-state index in [9.17, 15) is 17.8 Å². The van der Waals surface area contributed by atoms with Gasteiger partial charge >= 0.3 is 0 Å². The van der Waals surface area contributed by atoms with E-state index in [1.807, 2.05) is 6.92 Å². The lowest BCUT2D eigenvalue weighted by atomic mass is 10.1. The van der Waals surface area contributed by atoms with E-state index in [0.29, 0.717) is 19.5 Å². The molecule has 118 valence electrons.